The first-order chi connectivity index (χ1) is 11.9. The van der Waals surface area contributed by atoms with E-state index in [1.807, 2.05) is 6.07 Å². The summed E-state index contributed by atoms with van der Waals surface area (Å²) < 4.78 is 14.6. The number of carbonyl (C=O) groups is 1. The summed E-state index contributed by atoms with van der Waals surface area (Å²) in [6, 6.07) is 9.03. The van der Waals surface area contributed by atoms with E-state index in [1.54, 1.807) is 12.1 Å². The van der Waals surface area contributed by atoms with Crippen molar-refractivity contribution in [1.29, 1.82) is 0 Å². The molecule has 1 saturated carbocycles. The molecule has 2 aromatic carbocycles. The Morgan fingerprint density at radius 3 is 2.72 bits per heavy atom. The highest BCUT2D eigenvalue weighted by molar-refractivity contribution is 14.1. The van der Waals surface area contributed by atoms with Crippen molar-refractivity contribution in [2.24, 2.45) is 5.92 Å². The quantitative estimate of drug-likeness (QED) is 0.332. The van der Waals surface area contributed by atoms with Gasteiger partial charge in [-0.25, -0.2) is 14.7 Å². The van der Waals surface area contributed by atoms with E-state index in [1.165, 1.54) is 18.2 Å². The summed E-state index contributed by atoms with van der Waals surface area (Å²) in [6.45, 7) is 0. The highest BCUT2D eigenvalue weighted by Gasteiger charge is 2.31. The van der Waals surface area contributed by atoms with E-state index >= 15 is 0 Å². The molecule has 5 nitrogen and oxygen atoms in total. The van der Waals surface area contributed by atoms with Gasteiger partial charge in [0.2, 0.25) is 0 Å². The van der Waals surface area contributed by atoms with Crippen molar-refractivity contribution in [3.8, 4) is 0 Å². The fourth-order valence-electron chi connectivity index (χ4n) is 2.20. The zero-order chi connectivity index (χ0) is 18.0. The van der Waals surface area contributed by atoms with Gasteiger partial charge in [0.15, 0.2) is 6.29 Å². The molecule has 0 aliphatic heterocycles. The molecular formula is C17H15ClFIN2O3. The van der Waals surface area contributed by atoms with Crippen molar-refractivity contribution in [2.75, 3.05) is 5.32 Å². The second-order valence-corrected chi connectivity index (χ2v) is 7.37. The lowest BCUT2D eigenvalue weighted by atomic mass is 10.1. The summed E-state index contributed by atoms with van der Waals surface area (Å²) >= 11 is 8.30. The molecule has 3 N–H and O–H groups in total. The normalized spacial score (nSPS) is 14.9. The Kier molecular flexibility index (Phi) is 5.78. The van der Waals surface area contributed by atoms with Gasteiger partial charge in [0.1, 0.15) is 5.82 Å². The molecule has 0 aromatic heterocycles. The van der Waals surface area contributed by atoms with E-state index in [4.69, 9.17) is 16.4 Å². The van der Waals surface area contributed by atoms with Crippen molar-refractivity contribution in [1.82, 2.24) is 5.48 Å². The first-order valence-corrected chi connectivity index (χ1v) is 9.05. The second kappa shape index (κ2) is 7.86. The van der Waals surface area contributed by atoms with Crippen LogP contribution in [0, 0.1) is 15.3 Å². The molecule has 1 aliphatic rings. The number of hydroxylamine groups is 1. The van der Waals surface area contributed by atoms with Crippen molar-refractivity contribution in [3.05, 3.63) is 56.4 Å². The van der Waals surface area contributed by atoms with Crippen LogP contribution < -0.4 is 10.8 Å². The van der Waals surface area contributed by atoms with Gasteiger partial charge in [-0.3, -0.25) is 4.79 Å². The lowest BCUT2D eigenvalue weighted by Gasteiger charge is -2.15. The molecule has 2 aromatic rings. The zero-order valence-electron chi connectivity index (χ0n) is 12.9. The molecule has 0 saturated heterocycles. The van der Waals surface area contributed by atoms with Crippen LogP contribution in [0.1, 0.15) is 23.2 Å². The van der Waals surface area contributed by atoms with Gasteiger partial charge < -0.3 is 10.4 Å². The standard InChI is InChI=1S/C17H15ClFIN2O3/c18-13-8-11(20)4-6-14(13)21-15-7-10(19)3-5-12(15)16(23)22-25-17(24)9-1-2-9/h3-9,17,21,24H,1-2H2,(H,22,23). The Bertz CT molecular complexity index is 801. The molecule has 0 heterocycles. The predicted molar refractivity (Wildman–Crippen MR) is 101 cm³/mol. The predicted octanol–water partition coefficient (Wildman–Crippen LogP) is 4.22. The van der Waals surface area contributed by atoms with Crippen LogP contribution in [-0.4, -0.2) is 17.3 Å². The molecule has 0 spiro atoms. The van der Waals surface area contributed by atoms with Crippen LogP contribution in [0.3, 0.4) is 0 Å². The zero-order valence-corrected chi connectivity index (χ0v) is 15.8. The van der Waals surface area contributed by atoms with Gasteiger partial charge in [-0.1, -0.05) is 11.6 Å². The largest absolute Gasteiger partial charge is 0.366 e. The lowest BCUT2D eigenvalue weighted by Crippen LogP contribution is -2.31. The minimum absolute atomic E-state index is 0.0525. The average Bonchev–Trinajstić information content (AvgIpc) is 3.40. The van der Waals surface area contributed by atoms with E-state index in [9.17, 15) is 14.3 Å². The number of benzene rings is 2. The Morgan fingerprint density at radius 1 is 1.28 bits per heavy atom. The van der Waals surface area contributed by atoms with Crippen LogP contribution in [0.5, 0.6) is 0 Å². The van der Waals surface area contributed by atoms with E-state index in [-0.39, 0.29) is 17.2 Å². The van der Waals surface area contributed by atoms with Crippen molar-refractivity contribution in [3.63, 3.8) is 0 Å². The Morgan fingerprint density at radius 2 is 2.04 bits per heavy atom. The molecule has 1 fully saturated rings. The van der Waals surface area contributed by atoms with Gasteiger partial charge in [-0.15, -0.1) is 0 Å². The Labute approximate surface area is 162 Å². The average molecular weight is 477 g/mol. The van der Waals surface area contributed by atoms with Crippen molar-refractivity contribution in [2.45, 2.75) is 19.1 Å². The van der Waals surface area contributed by atoms with E-state index in [2.05, 4.69) is 33.4 Å². The number of aliphatic hydroxyl groups excluding tert-OH is 1. The second-order valence-electron chi connectivity index (χ2n) is 5.72. The number of nitrogens with one attached hydrogen (secondary N) is 2. The molecule has 1 atom stereocenters. The third-order valence-electron chi connectivity index (χ3n) is 3.72. The van der Waals surface area contributed by atoms with Crippen LogP contribution in [-0.2, 0) is 4.84 Å². The van der Waals surface area contributed by atoms with Crippen molar-refractivity contribution < 1.29 is 19.1 Å². The molecule has 8 heteroatoms. The molecule has 1 amide bonds. The number of hydrogen-bond donors (Lipinski definition) is 3. The van der Waals surface area contributed by atoms with Crippen LogP contribution in [0.25, 0.3) is 0 Å². The topological polar surface area (TPSA) is 70.6 Å². The molecular weight excluding hydrogens is 462 g/mol. The third kappa shape index (κ3) is 4.81. The summed E-state index contributed by atoms with van der Waals surface area (Å²) in [7, 11) is 0. The summed E-state index contributed by atoms with van der Waals surface area (Å²) in [5.41, 5.74) is 3.15. The Balaban J connectivity index is 1.78. The summed E-state index contributed by atoms with van der Waals surface area (Å²) in [5, 5.41) is 13.1. The molecule has 25 heavy (non-hydrogen) atoms. The van der Waals surface area contributed by atoms with Crippen LogP contribution in [0.15, 0.2) is 36.4 Å². The minimum Gasteiger partial charge on any atom is -0.366 e. The van der Waals surface area contributed by atoms with Crippen LogP contribution >= 0.6 is 34.2 Å². The van der Waals surface area contributed by atoms with Gasteiger partial charge in [-0.2, -0.15) is 0 Å². The molecule has 0 bridgehead atoms. The summed E-state index contributed by atoms with van der Waals surface area (Å²) in [4.78, 5) is 17.3. The SMILES string of the molecule is O=C(NOC(O)C1CC1)c1ccc(F)cc1Nc1ccc(I)cc1Cl. The first kappa shape index (κ1) is 18.4. The number of anilines is 2. The van der Waals surface area contributed by atoms with E-state index < -0.39 is 18.0 Å². The minimum atomic E-state index is -1.04. The van der Waals surface area contributed by atoms with Crippen LogP contribution in [0.2, 0.25) is 5.02 Å². The van der Waals surface area contributed by atoms with Gasteiger partial charge in [0.25, 0.3) is 5.91 Å². The monoisotopic (exact) mass is 476 g/mol. The highest BCUT2D eigenvalue weighted by atomic mass is 127. The van der Waals surface area contributed by atoms with Gasteiger partial charge in [0, 0.05) is 9.49 Å². The number of rotatable bonds is 6. The molecule has 1 aliphatic carbocycles. The maximum absolute atomic E-state index is 13.6. The number of amides is 1. The maximum Gasteiger partial charge on any atom is 0.277 e. The number of carbonyl (C=O) groups excluding carboxylic acids is 1. The Hall–Kier alpha value is -1.42. The molecule has 132 valence electrons. The van der Waals surface area contributed by atoms with Gasteiger partial charge in [-0.05, 0) is 71.8 Å². The maximum atomic E-state index is 13.6. The lowest BCUT2D eigenvalue weighted by molar-refractivity contribution is -0.145. The third-order valence-corrected chi connectivity index (χ3v) is 4.71. The fraction of sp³-hybridized carbons (Fsp3) is 0.235. The molecule has 0 radical (unpaired) electrons. The summed E-state index contributed by atoms with van der Waals surface area (Å²) in [5.74, 6) is -1.04. The number of halogens is 3. The van der Waals surface area contributed by atoms with E-state index in [0.717, 1.165) is 16.4 Å². The van der Waals surface area contributed by atoms with Gasteiger partial charge >= 0.3 is 0 Å². The summed E-state index contributed by atoms with van der Waals surface area (Å²) in [6.07, 6.45) is 0.698. The highest BCUT2D eigenvalue weighted by Crippen LogP contribution is 2.33. The van der Waals surface area contributed by atoms with Gasteiger partial charge in [0.05, 0.1) is 22.0 Å². The smallest absolute Gasteiger partial charge is 0.277 e. The number of hydrogen-bond acceptors (Lipinski definition) is 4. The molecule has 1 unspecified atom stereocenters. The van der Waals surface area contributed by atoms with Crippen LogP contribution in [0.4, 0.5) is 15.8 Å². The molecule has 3 rings (SSSR count). The van der Waals surface area contributed by atoms with E-state index in [0.29, 0.717) is 10.7 Å². The van der Waals surface area contributed by atoms with Crippen molar-refractivity contribution >= 4 is 51.5 Å². The fourth-order valence-corrected chi connectivity index (χ4v) is 3.10. The first-order valence-electron chi connectivity index (χ1n) is 7.59. The number of aliphatic hydroxyl groups is 1.